The van der Waals surface area contributed by atoms with E-state index in [1.54, 1.807) is 6.92 Å². The molecule has 0 atom stereocenters. The number of nitrogens with zero attached hydrogens (tertiary/aromatic N) is 4. The van der Waals surface area contributed by atoms with Crippen molar-refractivity contribution in [2.75, 3.05) is 31.5 Å². The van der Waals surface area contributed by atoms with Gasteiger partial charge in [-0.05, 0) is 33.0 Å². The van der Waals surface area contributed by atoms with E-state index in [9.17, 15) is 20.2 Å². The lowest BCUT2D eigenvalue weighted by Gasteiger charge is -2.17. The summed E-state index contributed by atoms with van der Waals surface area (Å²) in [5, 5.41) is 25.8. The zero-order chi connectivity index (χ0) is 18.6. The molecule has 0 spiro atoms. The van der Waals surface area contributed by atoms with Gasteiger partial charge in [0, 0.05) is 12.6 Å². The van der Waals surface area contributed by atoms with Gasteiger partial charge in [-0.2, -0.15) is 0 Å². The fourth-order valence-electron chi connectivity index (χ4n) is 2.80. The number of nitro benzene ring substituents is 2. The molecule has 0 amide bonds. The van der Waals surface area contributed by atoms with Crippen LogP contribution in [0.15, 0.2) is 6.07 Å². The second-order valence-corrected chi connectivity index (χ2v) is 5.66. The lowest BCUT2D eigenvalue weighted by Crippen LogP contribution is -2.25. The summed E-state index contributed by atoms with van der Waals surface area (Å²) < 4.78 is 0. The molecule has 1 heterocycles. The molecule has 2 rings (SSSR count). The maximum absolute atomic E-state index is 11.5. The lowest BCUT2D eigenvalue weighted by atomic mass is 10.2. The summed E-state index contributed by atoms with van der Waals surface area (Å²) in [5.41, 5.74) is -0.375. The SMILES string of the molecule is CCN(CC)CCCNc1c([N+](=O)[O-])cc2[nH]c(C)nc2c1[N+](=O)[O-]. The highest BCUT2D eigenvalue weighted by Crippen LogP contribution is 2.39. The minimum absolute atomic E-state index is 0.0893. The number of nitrogens with one attached hydrogen (secondary N) is 2. The molecule has 10 nitrogen and oxygen atoms in total. The van der Waals surface area contributed by atoms with Crippen LogP contribution in [-0.4, -0.2) is 50.9 Å². The number of fused-ring (bicyclic) bond motifs is 1. The number of aryl methyl sites for hydroxylation is 1. The van der Waals surface area contributed by atoms with Gasteiger partial charge in [0.25, 0.3) is 0 Å². The molecule has 0 fully saturated rings. The van der Waals surface area contributed by atoms with Crippen molar-refractivity contribution >= 4 is 28.1 Å². The van der Waals surface area contributed by atoms with Gasteiger partial charge in [0.05, 0.1) is 15.4 Å². The Bertz CT molecular complexity index is 784. The summed E-state index contributed by atoms with van der Waals surface area (Å²) in [7, 11) is 0. The van der Waals surface area contributed by atoms with Gasteiger partial charge in [-0.3, -0.25) is 20.2 Å². The quantitative estimate of drug-likeness (QED) is 0.404. The predicted octanol–water partition coefficient (Wildman–Crippen LogP) is 2.83. The van der Waals surface area contributed by atoms with E-state index in [0.29, 0.717) is 18.8 Å². The Kier molecular flexibility index (Phi) is 5.86. The van der Waals surface area contributed by atoms with E-state index in [2.05, 4.69) is 34.0 Å². The third-order valence-electron chi connectivity index (χ3n) is 4.08. The number of rotatable bonds is 9. The van der Waals surface area contributed by atoms with Gasteiger partial charge in [-0.25, -0.2) is 4.98 Å². The predicted molar refractivity (Wildman–Crippen MR) is 95.0 cm³/mol. The van der Waals surface area contributed by atoms with E-state index in [1.807, 2.05) is 0 Å². The Balaban J connectivity index is 2.35. The van der Waals surface area contributed by atoms with E-state index >= 15 is 0 Å². The summed E-state index contributed by atoms with van der Waals surface area (Å²) in [6, 6.07) is 1.29. The molecule has 1 aromatic heterocycles. The lowest BCUT2D eigenvalue weighted by molar-refractivity contribution is -0.391. The van der Waals surface area contributed by atoms with Crippen molar-refractivity contribution in [1.29, 1.82) is 0 Å². The van der Waals surface area contributed by atoms with Gasteiger partial charge in [0.2, 0.25) is 0 Å². The van der Waals surface area contributed by atoms with Crippen LogP contribution >= 0.6 is 0 Å². The standard InChI is InChI=1S/C15H22N6O4/c1-4-19(5-2)8-6-7-16-14-12(20(22)23)9-11-13(15(14)21(24)25)18-10(3)17-11/h9,16H,4-8H2,1-3H3,(H,17,18). The molecule has 0 aliphatic rings. The van der Waals surface area contributed by atoms with Crippen LogP contribution < -0.4 is 5.32 Å². The number of benzene rings is 1. The van der Waals surface area contributed by atoms with Gasteiger partial charge in [0.15, 0.2) is 11.2 Å². The molecule has 1 aromatic carbocycles. The average molecular weight is 350 g/mol. The van der Waals surface area contributed by atoms with Gasteiger partial charge in [-0.15, -0.1) is 0 Å². The number of aromatic amines is 1. The minimum Gasteiger partial charge on any atom is -0.374 e. The zero-order valence-corrected chi connectivity index (χ0v) is 14.5. The Labute approximate surface area is 144 Å². The Morgan fingerprint density at radius 1 is 1.24 bits per heavy atom. The van der Waals surface area contributed by atoms with E-state index in [-0.39, 0.29) is 28.1 Å². The largest absolute Gasteiger partial charge is 0.374 e. The third kappa shape index (κ3) is 4.02. The van der Waals surface area contributed by atoms with Gasteiger partial charge in [0.1, 0.15) is 5.82 Å². The number of imidazole rings is 1. The fourth-order valence-corrected chi connectivity index (χ4v) is 2.80. The van der Waals surface area contributed by atoms with Crippen LogP contribution in [0.4, 0.5) is 17.1 Å². The minimum atomic E-state index is -0.623. The van der Waals surface area contributed by atoms with E-state index in [0.717, 1.165) is 19.6 Å². The maximum Gasteiger partial charge on any atom is 0.327 e. The Morgan fingerprint density at radius 3 is 2.48 bits per heavy atom. The highest BCUT2D eigenvalue weighted by atomic mass is 16.6. The molecular formula is C15H22N6O4. The summed E-state index contributed by atoms with van der Waals surface area (Å²) in [6.45, 7) is 8.79. The van der Waals surface area contributed by atoms with Crippen molar-refractivity contribution in [3.05, 3.63) is 32.1 Å². The van der Waals surface area contributed by atoms with Crippen LogP contribution in [-0.2, 0) is 0 Å². The van der Waals surface area contributed by atoms with Crippen LogP contribution in [0, 0.1) is 27.2 Å². The van der Waals surface area contributed by atoms with Crippen molar-refractivity contribution < 1.29 is 9.85 Å². The summed E-state index contributed by atoms with van der Waals surface area (Å²) in [5.74, 6) is 0.464. The molecule has 0 saturated heterocycles. The topological polar surface area (TPSA) is 130 Å². The van der Waals surface area contributed by atoms with Gasteiger partial charge < -0.3 is 15.2 Å². The Hall–Kier alpha value is -2.75. The van der Waals surface area contributed by atoms with E-state index in [4.69, 9.17) is 0 Å². The second kappa shape index (κ2) is 7.88. The van der Waals surface area contributed by atoms with Crippen LogP contribution in [0.1, 0.15) is 26.1 Å². The number of hydrogen-bond donors (Lipinski definition) is 2. The molecule has 0 aliphatic carbocycles. The van der Waals surface area contributed by atoms with Crippen molar-refractivity contribution in [3.63, 3.8) is 0 Å². The molecule has 0 bridgehead atoms. The molecule has 136 valence electrons. The summed E-state index contributed by atoms with van der Waals surface area (Å²) in [6.07, 6.45) is 0.716. The number of aromatic nitrogens is 2. The van der Waals surface area contributed by atoms with Crippen molar-refractivity contribution in [2.45, 2.75) is 27.2 Å². The first-order chi connectivity index (χ1) is 11.9. The van der Waals surface area contributed by atoms with Crippen molar-refractivity contribution in [1.82, 2.24) is 14.9 Å². The first-order valence-electron chi connectivity index (χ1n) is 8.17. The molecule has 0 radical (unpaired) electrons. The highest BCUT2D eigenvalue weighted by molar-refractivity contribution is 5.96. The second-order valence-electron chi connectivity index (χ2n) is 5.66. The monoisotopic (exact) mass is 350 g/mol. The van der Waals surface area contributed by atoms with Crippen molar-refractivity contribution in [3.8, 4) is 0 Å². The van der Waals surface area contributed by atoms with Crippen LogP contribution in [0.25, 0.3) is 11.0 Å². The maximum atomic E-state index is 11.5. The van der Waals surface area contributed by atoms with Crippen LogP contribution in [0.2, 0.25) is 0 Å². The smallest absolute Gasteiger partial charge is 0.327 e. The zero-order valence-electron chi connectivity index (χ0n) is 14.5. The number of nitro groups is 2. The van der Waals surface area contributed by atoms with Gasteiger partial charge >= 0.3 is 11.4 Å². The number of anilines is 1. The van der Waals surface area contributed by atoms with Crippen LogP contribution in [0.5, 0.6) is 0 Å². The number of hydrogen-bond acceptors (Lipinski definition) is 7. The molecular weight excluding hydrogens is 328 g/mol. The molecule has 2 N–H and O–H groups in total. The summed E-state index contributed by atoms with van der Waals surface area (Å²) in [4.78, 5) is 30.8. The fraction of sp³-hybridized carbons (Fsp3) is 0.533. The van der Waals surface area contributed by atoms with Crippen LogP contribution in [0.3, 0.4) is 0 Å². The van der Waals surface area contributed by atoms with Crippen molar-refractivity contribution in [2.24, 2.45) is 0 Å². The first-order valence-corrected chi connectivity index (χ1v) is 8.17. The third-order valence-corrected chi connectivity index (χ3v) is 4.08. The number of H-pyrrole nitrogens is 1. The molecule has 0 aliphatic heterocycles. The highest BCUT2D eigenvalue weighted by Gasteiger charge is 2.30. The Morgan fingerprint density at radius 2 is 1.92 bits per heavy atom. The van der Waals surface area contributed by atoms with E-state index in [1.165, 1.54) is 6.07 Å². The average Bonchev–Trinajstić information content (AvgIpc) is 2.93. The molecule has 25 heavy (non-hydrogen) atoms. The molecule has 0 unspecified atom stereocenters. The molecule has 0 saturated carbocycles. The normalized spacial score (nSPS) is 11.2. The first kappa shape index (κ1) is 18.6. The van der Waals surface area contributed by atoms with E-state index < -0.39 is 9.85 Å². The van der Waals surface area contributed by atoms with Gasteiger partial charge in [-0.1, -0.05) is 13.8 Å². The summed E-state index contributed by atoms with van der Waals surface area (Å²) >= 11 is 0. The molecule has 10 heteroatoms. The molecule has 2 aromatic rings.